The molecule has 0 aliphatic carbocycles. The van der Waals surface area contributed by atoms with E-state index in [1.54, 1.807) is 12.1 Å². The highest BCUT2D eigenvalue weighted by molar-refractivity contribution is 6.08. The first kappa shape index (κ1) is 16.3. The summed E-state index contributed by atoms with van der Waals surface area (Å²) in [6, 6.07) is 10.5. The van der Waals surface area contributed by atoms with Crippen LogP contribution in [-0.2, 0) is 0 Å². The lowest BCUT2D eigenvalue weighted by atomic mass is 10.1. The maximum absolute atomic E-state index is 12.1. The molecule has 8 heteroatoms. The molecule has 0 saturated heterocycles. The Balaban J connectivity index is 2.14. The lowest BCUT2D eigenvalue weighted by Gasteiger charge is -2.10. The van der Waals surface area contributed by atoms with E-state index in [2.05, 4.69) is 10.1 Å². The van der Waals surface area contributed by atoms with Gasteiger partial charge >= 0.3 is 6.36 Å². The summed E-state index contributed by atoms with van der Waals surface area (Å²) in [6.45, 7) is 0. The van der Waals surface area contributed by atoms with Gasteiger partial charge in [-0.1, -0.05) is 12.1 Å². The number of benzene rings is 2. The Bertz CT molecular complexity index is 727. The zero-order valence-corrected chi connectivity index (χ0v) is 11.6. The zero-order chi connectivity index (χ0) is 17.0. The SMILES string of the molecule is NC(=O)c1ccccc1NC(=O)c1ccc(OC(F)(F)F)cc1. The highest BCUT2D eigenvalue weighted by Gasteiger charge is 2.31. The number of amides is 2. The van der Waals surface area contributed by atoms with Crippen LogP contribution in [-0.4, -0.2) is 18.2 Å². The van der Waals surface area contributed by atoms with Gasteiger partial charge in [0.1, 0.15) is 5.75 Å². The highest BCUT2D eigenvalue weighted by Crippen LogP contribution is 2.23. The molecule has 5 nitrogen and oxygen atoms in total. The van der Waals surface area contributed by atoms with Crippen molar-refractivity contribution >= 4 is 17.5 Å². The normalized spacial score (nSPS) is 10.9. The molecule has 23 heavy (non-hydrogen) atoms. The molecule has 2 aromatic carbocycles. The van der Waals surface area contributed by atoms with Gasteiger partial charge in [-0.25, -0.2) is 0 Å². The molecule has 2 rings (SSSR count). The third-order valence-electron chi connectivity index (χ3n) is 2.79. The molecule has 2 aromatic rings. The molecular formula is C15H11F3N2O3. The minimum Gasteiger partial charge on any atom is -0.406 e. The van der Waals surface area contributed by atoms with Gasteiger partial charge in [0.2, 0.25) is 0 Å². The Labute approximate surface area is 128 Å². The number of hydrogen-bond acceptors (Lipinski definition) is 3. The van der Waals surface area contributed by atoms with Gasteiger partial charge in [0.15, 0.2) is 0 Å². The van der Waals surface area contributed by atoms with E-state index in [1.807, 2.05) is 0 Å². The summed E-state index contributed by atoms with van der Waals surface area (Å²) in [5.41, 5.74) is 5.62. The largest absolute Gasteiger partial charge is 0.573 e. The minimum absolute atomic E-state index is 0.0961. The topological polar surface area (TPSA) is 81.4 Å². The first-order valence-electron chi connectivity index (χ1n) is 6.32. The van der Waals surface area contributed by atoms with Gasteiger partial charge in [-0.2, -0.15) is 0 Å². The first-order chi connectivity index (χ1) is 10.8. The van der Waals surface area contributed by atoms with E-state index in [0.717, 1.165) is 12.1 Å². The molecule has 120 valence electrons. The van der Waals surface area contributed by atoms with Crippen molar-refractivity contribution in [1.29, 1.82) is 0 Å². The number of hydrogen-bond donors (Lipinski definition) is 2. The smallest absolute Gasteiger partial charge is 0.406 e. The van der Waals surface area contributed by atoms with Crippen molar-refractivity contribution in [3.8, 4) is 5.75 Å². The third kappa shape index (κ3) is 4.47. The number of para-hydroxylation sites is 1. The molecule has 0 aliphatic heterocycles. The predicted octanol–water partition coefficient (Wildman–Crippen LogP) is 2.94. The van der Waals surface area contributed by atoms with Gasteiger partial charge < -0.3 is 15.8 Å². The second-order valence-corrected chi connectivity index (χ2v) is 4.44. The van der Waals surface area contributed by atoms with Crippen molar-refractivity contribution in [2.75, 3.05) is 5.32 Å². The molecule has 0 fully saturated rings. The number of rotatable bonds is 4. The summed E-state index contributed by atoms with van der Waals surface area (Å²) in [5.74, 6) is -1.75. The second kappa shape index (κ2) is 6.39. The van der Waals surface area contributed by atoms with Crippen molar-refractivity contribution in [1.82, 2.24) is 0 Å². The van der Waals surface area contributed by atoms with E-state index in [0.29, 0.717) is 0 Å². The number of carbonyl (C=O) groups excluding carboxylic acids is 2. The van der Waals surface area contributed by atoms with E-state index < -0.39 is 23.9 Å². The van der Waals surface area contributed by atoms with Crippen LogP contribution < -0.4 is 15.8 Å². The van der Waals surface area contributed by atoms with E-state index in [1.165, 1.54) is 24.3 Å². The molecule has 3 N–H and O–H groups in total. The standard InChI is InChI=1S/C15H11F3N2O3/c16-15(17,18)23-10-7-5-9(6-8-10)14(22)20-12-4-2-1-3-11(12)13(19)21/h1-8H,(H2,19,21)(H,20,22). The molecule has 0 heterocycles. The molecular weight excluding hydrogens is 313 g/mol. The van der Waals surface area contributed by atoms with E-state index >= 15 is 0 Å². The van der Waals surface area contributed by atoms with Crippen LogP contribution in [0.2, 0.25) is 0 Å². The van der Waals surface area contributed by atoms with Crippen LogP contribution >= 0.6 is 0 Å². The number of nitrogens with two attached hydrogens (primary N) is 1. The van der Waals surface area contributed by atoms with Gasteiger partial charge in [0, 0.05) is 5.56 Å². The maximum atomic E-state index is 12.1. The fraction of sp³-hybridized carbons (Fsp3) is 0.0667. The Morgan fingerprint density at radius 1 is 1.00 bits per heavy atom. The summed E-state index contributed by atoms with van der Waals surface area (Å²) in [4.78, 5) is 23.3. The summed E-state index contributed by atoms with van der Waals surface area (Å²) < 4.78 is 39.9. The third-order valence-corrected chi connectivity index (χ3v) is 2.79. The fourth-order valence-electron chi connectivity index (χ4n) is 1.81. The molecule has 0 saturated carbocycles. The number of carbonyl (C=O) groups is 2. The zero-order valence-electron chi connectivity index (χ0n) is 11.6. The van der Waals surface area contributed by atoms with Gasteiger partial charge in [-0.3, -0.25) is 9.59 Å². The van der Waals surface area contributed by atoms with Crippen molar-refractivity contribution in [2.45, 2.75) is 6.36 Å². The van der Waals surface area contributed by atoms with Crippen molar-refractivity contribution in [3.63, 3.8) is 0 Å². The van der Waals surface area contributed by atoms with Crippen molar-refractivity contribution < 1.29 is 27.5 Å². The van der Waals surface area contributed by atoms with Crippen molar-refractivity contribution in [2.24, 2.45) is 5.73 Å². The number of primary amides is 1. The fourth-order valence-corrected chi connectivity index (χ4v) is 1.81. The molecule has 0 atom stereocenters. The quantitative estimate of drug-likeness (QED) is 0.907. The van der Waals surface area contributed by atoms with Gasteiger partial charge in [0.05, 0.1) is 11.3 Å². The highest BCUT2D eigenvalue weighted by atomic mass is 19.4. The van der Waals surface area contributed by atoms with Gasteiger partial charge in [-0.15, -0.1) is 13.2 Å². The van der Waals surface area contributed by atoms with Crippen LogP contribution in [0.25, 0.3) is 0 Å². The molecule has 0 aromatic heterocycles. The van der Waals surface area contributed by atoms with Crippen LogP contribution in [0.4, 0.5) is 18.9 Å². The van der Waals surface area contributed by atoms with Crippen LogP contribution in [0.15, 0.2) is 48.5 Å². The second-order valence-electron chi connectivity index (χ2n) is 4.44. The number of ether oxygens (including phenoxy) is 1. The number of nitrogens with one attached hydrogen (secondary N) is 1. The monoisotopic (exact) mass is 324 g/mol. The average molecular weight is 324 g/mol. The lowest BCUT2D eigenvalue weighted by molar-refractivity contribution is -0.274. The van der Waals surface area contributed by atoms with E-state index in [4.69, 9.17) is 5.73 Å². The summed E-state index contributed by atoms with van der Waals surface area (Å²) >= 11 is 0. The summed E-state index contributed by atoms with van der Waals surface area (Å²) in [5, 5.41) is 2.47. The van der Waals surface area contributed by atoms with Gasteiger partial charge in [0.25, 0.3) is 11.8 Å². The molecule has 0 aliphatic rings. The number of alkyl halides is 3. The Morgan fingerprint density at radius 3 is 2.17 bits per heavy atom. The molecule has 0 bridgehead atoms. The predicted molar refractivity (Wildman–Crippen MR) is 76.0 cm³/mol. The van der Waals surface area contributed by atoms with E-state index in [-0.39, 0.29) is 16.8 Å². The average Bonchev–Trinajstić information content (AvgIpc) is 2.46. The molecule has 2 amide bonds. The van der Waals surface area contributed by atoms with E-state index in [9.17, 15) is 22.8 Å². The Hall–Kier alpha value is -3.03. The van der Waals surface area contributed by atoms with Crippen LogP contribution in [0.5, 0.6) is 5.75 Å². The van der Waals surface area contributed by atoms with Gasteiger partial charge in [-0.05, 0) is 36.4 Å². The molecule has 0 spiro atoms. The molecule has 0 radical (unpaired) electrons. The summed E-state index contributed by atoms with van der Waals surface area (Å²) in [7, 11) is 0. The first-order valence-corrected chi connectivity index (χ1v) is 6.32. The Morgan fingerprint density at radius 2 is 1.61 bits per heavy atom. The summed E-state index contributed by atoms with van der Waals surface area (Å²) in [6.07, 6.45) is -4.80. The maximum Gasteiger partial charge on any atom is 0.573 e. The molecule has 0 unspecified atom stereocenters. The minimum atomic E-state index is -4.80. The van der Waals surface area contributed by atoms with Crippen LogP contribution in [0.3, 0.4) is 0 Å². The van der Waals surface area contributed by atoms with Crippen LogP contribution in [0.1, 0.15) is 20.7 Å². The number of halogens is 3. The van der Waals surface area contributed by atoms with Crippen molar-refractivity contribution in [3.05, 3.63) is 59.7 Å². The Kier molecular flexibility index (Phi) is 4.54. The van der Waals surface area contributed by atoms with Crippen LogP contribution in [0, 0.1) is 0 Å². The lowest BCUT2D eigenvalue weighted by Crippen LogP contribution is -2.19. The number of anilines is 1.